The molecule has 1 atom stereocenters. The molecule has 1 aliphatic carbocycles. The van der Waals surface area contributed by atoms with Gasteiger partial charge in [-0.15, -0.1) is 0 Å². The largest absolute Gasteiger partial charge is 0.480 e. The van der Waals surface area contributed by atoms with Gasteiger partial charge < -0.3 is 9.84 Å². The number of carboxylic acids is 1. The van der Waals surface area contributed by atoms with Gasteiger partial charge in [0.15, 0.2) is 0 Å². The van der Waals surface area contributed by atoms with Crippen LogP contribution in [0.5, 0.6) is 0 Å². The van der Waals surface area contributed by atoms with Gasteiger partial charge in [0.1, 0.15) is 5.54 Å². The minimum Gasteiger partial charge on any atom is -0.480 e. The molecule has 1 fully saturated rings. The average molecular weight is 229 g/mol. The third-order valence-electron chi connectivity index (χ3n) is 3.02. The molecule has 4 heteroatoms. The Kier molecular flexibility index (Phi) is 5.22. The van der Waals surface area contributed by atoms with Crippen molar-refractivity contribution in [1.82, 2.24) is 5.32 Å². The summed E-state index contributed by atoms with van der Waals surface area (Å²) in [4.78, 5) is 11.5. The summed E-state index contributed by atoms with van der Waals surface area (Å²) < 4.78 is 5.46. The van der Waals surface area contributed by atoms with Crippen LogP contribution in [0, 0.1) is 5.92 Å². The smallest absolute Gasteiger partial charge is 0.326 e. The molecule has 0 aromatic heterocycles. The molecule has 94 valence electrons. The molecule has 1 unspecified atom stereocenters. The van der Waals surface area contributed by atoms with Crippen LogP contribution in [0.4, 0.5) is 0 Å². The second-order valence-corrected chi connectivity index (χ2v) is 4.53. The van der Waals surface area contributed by atoms with Crippen LogP contribution in [0.25, 0.3) is 0 Å². The first-order chi connectivity index (χ1) is 7.67. The number of carbonyl (C=O) groups is 1. The quantitative estimate of drug-likeness (QED) is 0.590. The van der Waals surface area contributed by atoms with E-state index >= 15 is 0 Å². The van der Waals surface area contributed by atoms with Gasteiger partial charge in [0.05, 0.1) is 6.61 Å². The molecule has 0 aliphatic heterocycles. The SMILES string of the molecule is CCCNC(COCCC)(C(=O)O)C1CC1. The van der Waals surface area contributed by atoms with E-state index in [2.05, 4.69) is 5.32 Å². The van der Waals surface area contributed by atoms with Crippen molar-refractivity contribution in [3.05, 3.63) is 0 Å². The fraction of sp³-hybridized carbons (Fsp3) is 0.917. The summed E-state index contributed by atoms with van der Waals surface area (Å²) in [6.07, 6.45) is 3.86. The Morgan fingerprint density at radius 2 is 2.12 bits per heavy atom. The lowest BCUT2D eigenvalue weighted by atomic mass is 9.94. The monoisotopic (exact) mass is 229 g/mol. The van der Waals surface area contributed by atoms with Crippen LogP contribution in [0.2, 0.25) is 0 Å². The van der Waals surface area contributed by atoms with Gasteiger partial charge in [-0.25, -0.2) is 0 Å². The minimum atomic E-state index is -0.842. The Labute approximate surface area is 97.4 Å². The zero-order chi connectivity index (χ0) is 12.0. The van der Waals surface area contributed by atoms with Gasteiger partial charge in [0.25, 0.3) is 0 Å². The van der Waals surface area contributed by atoms with E-state index < -0.39 is 11.5 Å². The molecule has 1 aliphatic rings. The first-order valence-corrected chi connectivity index (χ1v) is 6.23. The maximum atomic E-state index is 11.5. The lowest BCUT2D eigenvalue weighted by Crippen LogP contribution is -2.57. The summed E-state index contributed by atoms with van der Waals surface area (Å²) in [5, 5.41) is 12.6. The highest BCUT2D eigenvalue weighted by atomic mass is 16.5. The van der Waals surface area contributed by atoms with Crippen LogP contribution in [-0.4, -0.2) is 36.4 Å². The number of nitrogens with one attached hydrogen (secondary N) is 1. The molecule has 0 saturated heterocycles. The van der Waals surface area contributed by atoms with Gasteiger partial charge in [-0.1, -0.05) is 13.8 Å². The molecule has 0 aromatic rings. The van der Waals surface area contributed by atoms with Crippen molar-refractivity contribution < 1.29 is 14.6 Å². The highest BCUT2D eigenvalue weighted by molar-refractivity contribution is 5.80. The number of hydrogen-bond acceptors (Lipinski definition) is 3. The van der Waals surface area contributed by atoms with Crippen LogP contribution >= 0.6 is 0 Å². The van der Waals surface area contributed by atoms with Crippen LogP contribution in [0.3, 0.4) is 0 Å². The molecule has 0 amide bonds. The topological polar surface area (TPSA) is 58.6 Å². The molecule has 0 radical (unpaired) electrons. The summed E-state index contributed by atoms with van der Waals surface area (Å²) >= 11 is 0. The Bertz CT molecular complexity index is 228. The van der Waals surface area contributed by atoms with Crippen molar-refractivity contribution in [2.45, 2.75) is 45.1 Å². The lowest BCUT2D eigenvalue weighted by molar-refractivity contribution is -0.149. The van der Waals surface area contributed by atoms with Gasteiger partial charge in [-0.2, -0.15) is 0 Å². The second-order valence-electron chi connectivity index (χ2n) is 4.53. The summed E-state index contributed by atoms with van der Waals surface area (Å²) in [5.41, 5.74) is -0.842. The fourth-order valence-corrected chi connectivity index (χ4v) is 1.93. The Morgan fingerprint density at radius 3 is 2.56 bits per heavy atom. The van der Waals surface area contributed by atoms with Crippen LogP contribution in [-0.2, 0) is 9.53 Å². The van der Waals surface area contributed by atoms with E-state index in [-0.39, 0.29) is 5.92 Å². The Morgan fingerprint density at radius 1 is 1.44 bits per heavy atom. The van der Waals surface area contributed by atoms with Crippen molar-refractivity contribution in [3.8, 4) is 0 Å². The lowest BCUT2D eigenvalue weighted by Gasteiger charge is -2.30. The van der Waals surface area contributed by atoms with Gasteiger partial charge >= 0.3 is 5.97 Å². The van der Waals surface area contributed by atoms with Gasteiger partial charge in [0.2, 0.25) is 0 Å². The number of aliphatic carboxylic acids is 1. The number of rotatable bonds is 9. The highest BCUT2D eigenvalue weighted by Crippen LogP contribution is 2.40. The van der Waals surface area contributed by atoms with Crippen molar-refractivity contribution in [1.29, 1.82) is 0 Å². The first-order valence-electron chi connectivity index (χ1n) is 6.23. The molecule has 1 saturated carbocycles. The van der Waals surface area contributed by atoms with E-state index in [1.165, 1.54) is 0 Å². The molecule has 0 spiro atoms. The molecular formula is C12H23NO3. The molecule has 0 bridgehead atoms. The molecular weight excluding hydrogens is 206 g/mol. The van der Waals surface area contributed by atoms with Crippen LogP contribution in [0.15, 0.2) is 0 Å². The third kappa shape index (κ3) is 3.19. The maximum absolute atomic E-state index is 11.5. The van der Waals surface area contributed by atoms with Gasteiger partial charge in [-0.3, -0.25) is 10.1 Å². The summed E-state index contributed by atoms with van der Waals surface area (Å²) in [5.74, 6) is -0.520. The van der Waals surface area contributed by atoms with Gasteiger partial charge in [0, 0.05) is 6.61 Å². The van der Waals surface area contributed by atoms with E-state index in [0.29, 0.717) is 13.2 Å². The van der Waals surface area contributed by atoms with E-state index in [4.69, 9.17) is 4.74 Å². The molecule has 16 heavy (non-hydrogen) atoms. The third-order valence-corrected chi connectivity index (χ3v) is 3.02. The zero-order valence-corrected chi connectivity index (χ0v) is 10.3. The highest BCUT2D eigenvalue weighted by Gasteiger charge is 2.51. The zero-order valence-electron chi connectivity index (χ0n) is 10.3. The Hall–Kier alpha value is -0.610. The van der Waals surface area contributed by atoms with Crippen LogP contribution in [0.1, 0.15) is 39.5 Å². The normalized spacial score (nSPS) is 19.4. The predicted octanol–water partition coefficient (Wildman–Crippen LogP) is 1.65. The number of hydrogen-bond donors (Lipinski definition) is 2. The molecule has 0 heterocycles. The fourth-order valence-electron chi connectivity index (χ4n) is 1.93. The summed E-state index contributed by atoms with van der Waals surface area (Å²) in [6, 6.07) is 0. The van der Waals surface area contributed by atoms with E-state index in [1.807, 2.05) is 13.8 Å². The number of ether oxygens (including phenoxy) is 1. The first kappa shape index (κ1) is 13.5. The van der Waals surface area contributed by atoms with Crippen molar-refractivity contribution in [3.63, 3.8) is 0 Å². The van der Waals surface area contributed by atoms with Crippen LogP contribution < -0.4 is 5.32 Å². The van der Waals surface area contributed by atoms with Gasteiger partial charge in [-0.05, 0) is 38.1 Å². The summed E-state index contributed by atoms with van der Waals surface area (Å²) in [7, 11) is 0. The molecule has 2 N–H and O–H groups in total. The Balaban J connectivity index is 2.59. The standard InChI is InChI=1S/C12H23NO3/c1-3-7-13-12(11(14)15,10-5-6-10)9-16-8-4-2/h10,13H,3-9H2,1-2H3,(H,14,15). The van der Waals surface area contributed by atoms with Crippen molar-refractivity contribution in [2.75, 3.05) is 19.8 Å². The van der Waals surface area contributed by atoms with E-state index in [1.54, 1.807) is 0 Å². The average Bonchev–Trinajstić information content (AvgIpc) is 3.07. The van der Waals surface area contributed by atoms with Crippen molar-refractivity contribution >= 4 is 5.97 Å². The summed E-state index contributed by atoms with van der Waals surface area (Å²) in [6.45, 7) is 5.73. The van der Waals surface area contributed by atoms with E-state index in [0.717, 1.165) is 32.2 Å². The minimum absolute atomic E-state index is 0.244. The second kappa shape index (κ2) is 6.21. The number of carboxylic acid groups (broad SMARTS) is 1. The maximum Gasteiger partial charge on any atom is 0.326 e. The molecule has 1 rings (SSSR count). The molecule has 4 nitrogen and oxygen atoms in total. The molecule has 0 aromatic carbocycles. The predicted molar refractivity (Wildman–Crippen MR) is 62.5 cm³/mol. The van der Waals surface area contributed by atoms with E-state index in [9.17, 15) is 9.90 Å². The van der Waals surface area contributed by atoms with Crippen molar-refractivity contribution in [2.24, 2.45) is 5.92 Å².